The molecule has 16 nitrogen and oxygen atoms in total. The molecular weight excluding hydrogens is 614 g/mol. The zero-order chi connectivity index (χ0) is 31.5. The van der Waals surface area contributed by atoms with Gasteiger partial charge in [-0.05, 0) is 42.5 Å². The van der Waals surface area contributed by atoms with Crippen LogP contribution in [-0.4, -0.2) is 58.9 Å². The van der Waals surface area contributed by atoms with E-state index in [0.29, 0.717) is 0 Å². The van der Waals surface area contributed by atoms with Gasteiger partial charge in [0.1, 0.15) is 27.7 Å². The minimum absolute atomic E-state index is 0.0612. The Morgan fingerprint density at radius 2 is 1.40 bits per heavy atom. The topological polar surface area (TPSA) is 257 Å². The molecule has 3 aromatic rings. The van der Waals surface area contributed by atoms with Gasteiger partial charge in [0.05, 0.1) is 34.0 Å². The maximum atomic E-state index is 13.0. The first-order valence-corrected chi connectivity index (χ1v) is 16.1. The van der Waals surface area contributed by atoms with Gasteiger partial charge in [-0.3, -0.25) is 9.11 Å². The number of nitrogen functional groups attached to an aromatic ring is 2. The highest BCUT2D eigenvalue weighted by molar-refractivity contribution is 7.89. The molecule has 19 heteroatoms. The van der Waals surface area contributed by atoms with Crippen molar-refractivity contribution >= 4 is 64.4 Å². The molecule has 0 radical (unpaired) electrons. The lowest BCUT2D eigenvalue weighted by molar-refractivity contribution is 0.415. The molecule has 0 saturated carbocycles. The van der Waals surface area contributed by atoms with E-state index in [1.54, 1.807) is 13.8 Å². The van der Waals surface area contributed by atoms with Gasteiger partial charge in [0.2, 0.25) is 10.0 Å². The van der Waals surface area contributed by atoms with Crippen LogP contribution in [-0.2, 0) is 30.3 Å². The monoisotopic (exact) mass is 641 g/mol. The standard InChI is InChI=1S/C23H27N7O9S3/c1-4-30(5-2)40(31,32)15-9-10-19(39-3)17(12-15)27-29-23-21(24)18(13-20(22(23)25)42(36,37)38)28-26-14-7-6-8-16(11-14)41(33,34)35/h6-13H,4-5,24-25H2,1-3H3,(H,33,34,35)(H,36,37,38). The van der Waals surface area contributed by atoms with E-state index in [1.165, 1.54) is 41.7 Å². The molecule has 0 aliphatic heterocycles. The molecule has 0 spiro atoms. The molecule has 3 aromatic carbocycles. The van der Waals surface area contributed by atoms with Crippen molar-refractivity contribution in [3.05, 3.63) is 48.5 Å². The largest absolute Gasteiger partial charge is 0.494 e. The number of benzene rings is 3. The second-order valence-corrected chi connectivity index (χ2v) is 13.1. The highest BCUT2D eigenvalue weighted by Crippen LogP contribution is 2.44. The molecule has 0 unspecified atom stereocenters. The van der Waals surface area contributed by atoms with Gasteiger partial charge in [0, 0.05) is 13.1 Å². The van der Waals surface area contributed by atoms with Crippen LogP contribution in [0.5, 0.6) is 5.75 Å². The Labute approximate surface area is 242 Å². The van der Waals surface area contributed by atoms with Crippen LogP contribution in [0.2, 0.25) is 0 Å². The number of hydrogen-bond donors (Lipinski definition) is 4. The van der Waals surface area contributed by atoms with Crippen LogP contribution in [0.4, 0.5) is 34.1 Å². The minimum atomic E-state index is -4.95. The molecule has 226 valence electrons. The summed E-state index contributed by atoms with van der Waals surface area (Å²) in [6, 6.07) is 9.38. The van der Waals surface area contributed by atoms with Gasteiger partial charge < -0.3 is 16.2 Å². The molecule has 3 rings (SSSR count). The van der Waals surface area contributed by atoms with Gasteiger partial charge >= 0.3 is 0 Å². The van der Waals surface area contributed by atoms with E-state index in [4.69, 9.17) is 16.2 Å². The third kappa shape index (κ3) is 7.06. The summed E-state index contributed by atoms with van der Waals surface area (Å²) in [7, 11) is -12.1. The number of sulfonamides is 1. The minimum Gasteiger partial charge on any atom is -0.494 e. The fraction of sp³-hybridized carbons (Fsp3) is 0.217. The van der Waals surface area contributed by atoms with Gasteiger partial charge in [-0.1, -0.05) is 19.9 Å². The van der Waals surface area contributed by atoms with Crippen molar-refractivity contribution in [2.45, 2.75) is 28.5 Å². The summed E-state index contributed by atoms with van der Waals surface area (Å²) in [6.07, 6.45) is 0. The second-order valence-electron chi connectivity index (χ2n) is 8.34. The van der Waals surface area contributed by atoms with Crippen molar-refractivity contribution in [2.24, 2.45) is 20.5 Å². The molecular formula is C23H27N7O9S3. The third-order valence-electron chi connectivity index (χ3n) is 5.74. The molecule has 0 amide bonds. The average Bonchev–Trinajstić information content (AvgIpc) is 2.92. The zero-order valence-electron chi connectivity index (χ0n) is 22.4. The molecule has 0 aromatic heterocycles. The summed E-state index contributed by atoms with van der Waals surface area (Å²) in [5.74, 6) is 0.110. The van der Waals surface area contributed by atoms with Crippen LogP contribution in [0.1, 0.15) is 13.8 Å². The van der Waals surface area contributed by atoms with E-state index in [0.717, 1.165) is 18.2 Å². The quantitative estimate of drug-likeness (QED) is 0.131. The summed E-state index contributed by atoms with van der Waals surface area (Å²) in [6.45, 7) is 3.79. The Kier molecular flexibility index (Phi) is 9.65. The number of hydrogen-bond acceptors (Lipinski definition) is 13. The number of azo groups is 2. The summed E-state index contributed by atoms with van der Waals surface area (Å²) >= 11 is 0. The first-order valence-electron chi connectivity index (χ1n) is 11.8. The van der Waals surface area contributed by atoms with Crippen molar-refractivity contribution in [3.8, 4) is 5.75 Å². The Balaban J connectivity index is 2.18. The first-order chi connectivity index (χ1) is 19.5. The molecule has 6 N–H and O–H groups in total. The van der Waals surface area contributed by atoms with E-state index in [9.17, 15) is 34.4 Å². The smallest absolute Gasteiger partial charge is 0.296 e. The van der Waals surface area contributed by atoms with Gasteiger partial charge in [0.25, 0.3) is 20.2 Å². The Bertz CT molecular complexity index is 1890. The summed E-state index contributed by atoms with van der Waals surface area (Å²) < 4.78 is 98.4. The van der Waals surface area contributed by atoms with E-state index in [1.807, 2.05) is 0 Å². The molecule has 0 saturated heterocycles. The Morgan fingerprint density at radius 3 is 1.98 bits per heavy atom. The van der Waals surface area contributed by atoms with E-state index < -0.39 is 51.4 Å². The van der Waals surface area contributed by atoms with Gasteiger partial charge in [-0.2, -0.15) is 26.3 Å². The fourth-order valence-corrected chi connectivity index (χ4v) is 6.24. The van der Waals surface area contributed by atoms with Crippen molar-refractivity contribution in [1.82, 2.24) is 4.31 Å². The number of nitrogens with zero attached hydrogens (tertiary/aromatic N) is 5. The van der Waals surface area contributed by atoms with E-state index >= 15 is 0 Å². The highest BCUT2D eigenvalue weighted by atomic mass is 32.2. The molecule has 0 fully saturated rings. The van der Waals surface area contributed by atoms with Crippen molar-refractivity contribution in [3.63, 3.8) is 0 Å². The number of nitrogens with two attached hydrogens (primary N) is 2. The van der Waals surface area contributed by atoms with E-state index in [-0.39, 0.29) is 46.5 Å². The van der Waals surface area contributed by atoms with Crippen molar-refractivity contribution in [2.75, 3.05) is 31.7 Å². The lowest BCUT2D eigenvalue weighted by Gasteiger charge is -2.18. The molecule has 0 aliphatic rings. The maximum Gasteiger partial charge on any atom is 0.296 e. The lowest BCUT2D eigenvalue weighted by Crippen LogP contribution is -2.30. The van der Waals surface area contributed by atoms with E-state index in [2.05, 4.69) is 20.5 Å². The molecule has 0 heterocycles. The molecule has 0 bridgehead atoms. The Morgan fingerprint density at radius 1 is 0.762 bits per heavy atom. The normalized spacial score (nSPS) is 12.9. The average molecular weight is 642 g/mol. The molecule has 0 aliphatic carbocycles. The van der Waals surface area contributed by atoms with Crippen LogP contribution >= 0.6 is 0 Å². The van der Waals surface area contributed by atoms with Gasteiger partial charge in [0.15, 0.2) is 0 Å². The fourth-order valence-electron chi connectivity index (χ4n) is 3.61. The number of anilines is 2. The van der Waals surface area contributed by atoms with Gasteiger partial charge in [-0.15, -0.1) is 15.3 Å². The first kappa shape index (κ1) is 32.5. The van der Waals surface area contributed by atoms with Crippen LogP contribution in [0.3, 0.4) is 0 Å². The predicted octanol–water partition coefficient (Wildman–Crippen LogP) is 4.21. The van der Waals surface area contributed by atoms with Crippen LogP contribution < -0.4 is 16.2 Å². The summed E-state index contributed by atoms with van der Waals surface area (Å²) in [5, 5.41) is 15.6. The predicted molar refractivity (Wildman–Crippen MR) is 153 cm³/mol. The third-order valence-corrected chi connectivity index (χ3v) is 9.53. The lowest BCUT2D eigenvalue weighted by atomic mass is 10.2. The number of ether oxygens (including phenoxy) is 1. The number of rotatable bonds is 11. The second kappa shape index (κ2) is 12.5. The number of methoxy groups -OCH3 is 1. The van der Waals surface area contributed by atoms with Crippen LogP contribution in [0.25, 0.3) is 0 Å². The van der Waals surface area contributed by atoms with Crippen molar-refractivity contribution < 1.29 is 39.1 Å². The maximum absolute atomic E-state index is 13.0. The SMILES string of the molecule is CCN(CC)S(=O)(=O)c1ccc(OC)c(N=Nc2c(N)c(N=Nc3cccc(S(=O)(=O)O)c3)cc(S(=O)(=O)O)c2N)c1. The molecule has 0 atom stereocenters. The summed E-state index contributed by atoms with van der Waals surface area (Å²) in [5.41, 5.74) is 10.2. The van der Waals surface area contributed by atoms with Crippen molar-refractivity contribution in [1.29, 1.82) is 0 Å². The van der Waals surface area contributed by atoms with Crippen LogP contribution in [0.15, 0.2) is 83.7 Å². The summed E-state index contributed by atoms with van der Waals surface area (Å²) in [4.78, 5) is -1.43. The van der Waals surface area contributed by atoms with Crippen LogP contribution in [0, 0.1) is 0 Å². The highest BCUT2D eigenvalue weighted by Gasteiger charge is 2.24. The Hall–Kier alpha value is -4.01. The molecule has 42 heavy (non-hydrogen) atoms. The zero-order valence-corrected chi connectivity index (χ0v) is 24.9. The van der Waals surface area contributed by atoms with Gasteiger partial charge in [-0.25, -0.2) is 8.42 Å².